The lowest BCUT2D eigenvalue weighted by Gasteiger charge is -1.97. The van der Waals surface area contributed by atoms with Crippen molar-refractivity contribution in [3.05, 3.63) is 30.6 Å². The van der Waals surface area contributed by atoms with E-state index in [1.807, 2.05) is 30.6 Å². The summed E-state index contributed by atoms with van der Waals surface area (Å²) in [6.07, 6.45) is 4.70. The van der Waals surface area contributed by atoms with E-state index in [4.69, 9.17) is 13.0 Å². The van der Waals surface area contributed by atoms with Crippen LogP contribution in [-0.2, 0) is 16.7 Å². The summed E-state index contributed by atoms with van der Waals surface area (Å²) < 4.78 is 29.4. The van der Waals surface area contributed by atoms with Crippen LogP contribution in [0.3, 0.4) is 0 Å². The van der Waals surface area contributed by atoms with Crippen molar-refractivity contribution in [2.24, 2.45) is 0 Å². The van der Waals surface area contributed by atoms with Crippen LogP contribution in [0.25, 0.3) is 0 Å². The second-order valence-corrected chi connectivity index (χ2v) is 5.42. The number of hydrogen-bond donors (Lipinski definition) is 1. The van der Waals surface area contributed by atoms with Gasteiger partial charge in [0.05, 0.1) is 15.4 Å². The van der Waals surface area contributed by atoms with E-state index in [2.05, 4.69) is 24.1 Å². The molecular formula is C9H15NO3S2. The smallest absolute Gasteiger partial charge is 0.168 e. The summed E-state index contributed by atoms with van der Waals surface area (Å²) in [5, 5.41) is 0.424. The normalized spacial score (nSPS) is 12.5. The van der Waals surface area contributed by atoms with Gasteiger partial charge in [-0.2, -0.15) is 12.6 Å². The molecule has 0 saturated carbocycles. The summed E-state index contributed by atoms with van der Waals surface area (Å²) in [6, 6.07) is 6.06. The van der Waals surface area contributed by atoms with Crippen LogP contribution in [0, 0.1) is 0 Å². The highest BCUT2D eigenvalue weighted by molar-refractivity contribution is 7.84. The van der Waals surface area contributed by atoms with E-state index in [1.54, 1.807) is 0 Å². The Morgan fingerprint density at radius 3 is 2.07 bits per heavy atom. The van der Waals surface area contributed by atoms with Crippen LogP contribution in [0.5, 0.6) is 0 Å². The fraction of sp³-hybridized carbons (Fsp3) is 0.444. The Morgan fingerprint density at radius 2 is 1.73 bits per heavy atom. The van der Waals surface area contributed by atoms with Crippen molar-refractivity contribution in [2.45, 2.75) is 18.7 Å². The van der Waals surface area contributed by atoms with Crippen LogP contribution in [-0.4, -0.2) is 24.5 Å². The maximum atomic E-state index is 9.08. The fourth-order valence-corrected chi connectivity index (χ4v) is 1.05. The lowest BCUT2D eigenvalue weighted by Crippen LogP contribution is -2.36. The van der Waals surface area contributed by atoms with Crippen molar-refractivity contribution < 1.29 is 17.5 Å². The third kappa shape index (κ3) is 13.4. The molecule has 0 bridgehead atoms. The molecule has 4 nitrogen and oxygen atoms in total. The van der Waals surface area contributed by atoms with Gasteiger partial charge in [0, 0.05) is 18.4 Å². The topological polar surface area (TPSA) is 61.1 Å². The van der Waals surface area contributed by atoms with E-state index >= 15 is 0 Å². The number of rotatable bonds is 2. The molecule has 0 amide bonds. The predicted octanol–water partition coefficient (Wildman–Crippen LogP) is 0.454. The van der Waals surface area contributed by atoms with E-state index in [0.717, 1.165) is 6.54 Å². The molecule has 1 heterocycles. The predicted molar refractivity (Wildman–Crippen MR) is 60.7 cm³/mol. The molecule has 1 rings (SSSR count). The Balaban J connectivity index is 0.000000336. The van der Waals surface area contributed by atoms with Crippen molar-refractivity contribution in [2.75, 3.05) is 6.26 Å². The molecule has 86 valence electrons. The molecule has 0 spiro atoms. The highest BCUT2D eigenvalue weighted by atomic mass is 32.2. The zero-order valence-electron chi connectivity index (χ0n) is 8.70. The Kier molecular flexibility index (Phi) is 6.55. The zero-order valence-corrected chi connectivity index (χ0v) is 10.4. The number of pyridine rings is 1. The summed E-state index contributed by atoms with van der Waals surface area (Å²) in [4.78, 5) is 0. The van der Waals surface area contributed by atoms with Crippen LogP contribution in [0.15, 0.2) is 30.6 Å². The molecule has 0 aliphatic heterocycles. The zero-order chi connectivity index (χ0) is 11.9. The fourth-order valence-electron chi connectivity index (χ4n) is 0.861. The van der Waals surface area contributed by atoms with Gasteiger partial charge < -0.3 is 4.55 Å². The minimum atomic E-state index is -3.92. The number of nitrogens with zero attached hydrogens (tertiary/aromatic N) is 1. The van der Waals surface area contributed by atoms with Crippen LogP contribution in [0.1, 0.15) is 6.92 Å². The molecule has 15 heavy (non-hydrogen) atoms. The molecular weight excluding hydrogens is 234 g/mol. The SMILES string of the molecule is CC(S)C[n+]1ccccc1.CS(=O)(=O)[O-]. The molecule has 1 unspecified atom stereocenters. The van der Waals surface area contributed by atoms with Crippen molar-refractivity contribution >= 4 is 22.7 Å². The molecule has 0 aromatic carbocycles. The first kappa shape index (κ1) is 14.4. The average Bonchev–Trinajstić information content (AvgIpc) is 2.01. The van der Waals surface area contributed by atoms with Gasteiger partial charge in [-0.05, 0) is 6.92 Å². The maximum Gasteiger partial charge on any atom is 0.168 e. The average molecular weight is 249 g/mol. The minimum Gasteiger partial charge on any atom is -0.748 e. The Bertz CT molecular complexity index is 354. The molecule has 1 aromatic heterocycles. The molecule has 0 fully saturated rings. The van der Waals surface area contributed by atoms with E-state index in [0.29, 0.717) is 11.5 Å². The van der Waals surface area contributed by atoms with Crippen LogP contribution in [0.2, 0.25) is 0 Å². The molecule has 1 aromatic rings. The van der Waals surface area contributed by atoms with Crippen LogP contribution in [0.4, 0.5) is 0 Å². The van der Waals surface area contributed by atoms with Crippen LogP contribution >= 0.6 is 12.6 Å². The van der Waals surface area contributed by atoms with E-state index < -0.39 is 10.1 Å². The summed E-state index contributed by atoms with van der Waals surface area (Å²) in [5.41, 5.74) is 0. The third-order valence-corrected chi connectivity index (χ3v) is 1.42. The molecule has 0 saturated heterocycles. The van der Waals surface area contributed by atoms with Gasteiger partial charge >= 0.3 is 0 Å². The maximum absolute atomic E-state index is 9.08. The summed E-state index contributed by atoms with van der Waals surface area (Å²) >= 11 is 4.29. The second kappa shape index (κ2) is 6.81. The van der Waals surface area contributed by atoms with Gasteiger partial charge in [0.2, 0.25) is 0 Å². The second-order valence-electron chi connectivity index (χ2n) is 3.13. The standard InChI is InChI=1S/C8H11NS.CH4O3S/c1-8(10)7-9-5-3-2-4-6-9;1-5(2,3)4/h2-6,8H,7H2,1H3;1H3,(H,2,3,4). The first-order valence-electron chi connectivity index (χ1n) is 4.32. The molecule has 0 radical (unpaired) electrons. The number of hydrogen-bond acceptors (Lipinski definition) is 4. The molecule has 1 atom stereocenters. The van der Waals surface area contributed by atoms with E-state index in [9.17, 15) is 0 Å². The van der Waals surface area contributed by atoms with Crippen molar-refractivity contribution in [3.8, 4) is 0 Å². The lowest BCUT2D eigenvalue weighted by atomic mass is 10.4. The Labute approximate surface area is 96.1 Å². The van der Waals surface area contributed by atoms with Gasteiger partial charge in [-0.3, -0.25) is 0 Å². The first-order valence-corrected chi connectivity index (χ1v) is 6.65. The lowest BCUT2D eigenvalue weighted by molar-refractivity contribution is -0.695. The molecule has 0 N–H and O–H groups in total. The monoisotopic (exact) mass is 249 g/mol. The minimum absolute atomic E-state index is 0.424. The van der Waals surface area contributed by atoms with Crippen molar-refractivity contribution in [1.29, 1.82) is 0 Å². The van der Waals surface area contributed by atoms with Crippen molar-refractivity contribution in [1.82, 2.24) is 0 Å². The van der Waals surface area contributed by atoms with Gasteiger partial charge in [-0.1, -0.05) is 6.07 Å². The largest absolute Gasteiger partial charge is 0.748 e. The van der Waals surface area contributed by atoms with Gasteiger partial charge in [-0.25, -0.2) is 13.0 Å². The highest BCUT2D eigenvalue weighted by Gasteiger charge is 2.00. The third-order valence-electron chi connectivity index (χ3n) is 1.25. The highest BCUT2D eigenvalue weighted by Crippen LogP contribution is 1.90. The molecule has 0 aliphatic carbocycles. The Morgan fingerprint density at radius 1 is 1.33 bits per heavy atom. The number of aromatic nitrogens is 1. The van der Waals surface area contributed by atoms with Gasteiger partial charge in [0.15, 0.2) is 18.9 Å². The Hall–Kier alpha value is -0.590. The molecule has 6 heteroatoms. The summed E-state index contributed by atoms with van der Waals surface area (Å²) in [6.45, 7) is 3.06. The van der Waals surface area contributed by atoms with Crippen molar-refractivity contribution in [3.63, 3.8) is 0 Å². The van der Waals surface area contributed by atoms with E-state index in [-0.39, 0.29) is 0 Å². The first-order chi connectivity index (χ1) is 6.79. The number of thiol groups is 1. The quantitative estimate of drug-likeness (QED) is 0.470. The van der Waals surface area contributed by atoms with E-state index in [1.165, 1.54) is 0 Å². The van der Waals surface area contributed by atoms with Gasteiger partial charge in [0.1, 0.15) is 0 Å². The molecule has 0 aliphatic rings. The van der Waals surface area contributed by atoms with Crippen LogP contribution < -0.4 is 4.57 Å². The van der Waals surface area contributed by atoms with Gasteiger partial charge in [0.25, 0.3) is 0 Å². The summed E-state index contributed by atoms with van der Waals surface area (Å²) in [5.74, 6) is 0. The van der Waals surface area contributed by atoms with Gasteiger partial charge in [-0.15, -0.1) is 0 Å². The summed E-state index contributed by atoms with van der Waals surface area (Å²) in [7, 11) is -3.92.